The van der Waals surface area contributed by atoms with Crippen LogP contribution in [0.5, 0.6) is 0 Å². The summed E-state index contributed by atoms with van der Waals surface area (Å²) in [4.78, 5) is 31.3. The highest BCUT2D eigenvalue weighted by atomic mass is 32.1. The van der Waals surface area contributed by atoms with Crippen LogP contribution in [0, 0.1) is 0 Å². The molecule has 1 aliphatic rings. The lowest BCUT2D eigenvalue weighted by Crippen LogP contribution is -2.47. The van der Waals surface area contributed by atoms with Crippen molar-refractivity contribution in [2.75, 3.05) is 7.05 Å². The highest BCUT2D eigenvalue weighted by Gasteiger charge is 2.36. The lowest BCUT2D eigenvalue weighted by atomic mass is 9.86. The summed E-state index contributed by atoms with van der Waals surface area (Å²) in [7, 11) is 1.63. The molecule has 124 valence electrons. The van der Waals surface area contributed by atoms with E-state index in [0.29, 0.717) is 0 Å². The molecule has 2 N–H and O–H groups in total. The van der Waals surface area contributed by atoms with E-state index >= 15 is 0 Å². The zero-order chi connectivity index (χ0) is 17.5. The number of carbonyl (C=O) groups excluding carboxylic acids is 2. The second-order valence-electron chi connectivity index (χ2n) is 6.17. The molecule has 1 aromatic heterocycles. The van der Waals surface area contributed by atoms with Crippen molar-refractivity contribution in [2.45, 2.75) is 25.8 Å². The van der Waals surface area contributed by atoms with Gasteiger partial charge in [0.15, 0.2) is 11.7 Å². The quantitative estimate of drug-likeness (QED) is 0.872. The first-order chi connectivity index (χ1) is 11.3. The smallest absolute Gasteiger partial charge is 0.231 e. The summed E-state index contributed by atoms with van der Waals surface area (Å²) in [5.41, 5.74) is 7.15. The second-order valence-corrected chi connectivity index (χ2v) is 7.26. The Bertz CT molecular complexity index is 855. The molecule has 0 bridgehead atoms. The Hall–Kier alpha value is -2.47. The summed E-state index contributed by atoms with van der Waals surface area (Å²) in [6, 6.07) is 11.7. The number of nitrogens with zero attached hydrogens (tertiary/aromatic N) is 2. The summed E-state index contributed by atoms with van der Waals surface area (Å²) >= 11 is 1.46. The molecule has 2 aromatic rings. The molecule has 5 nitrogen and oxygen atoms in total. The van der Waals surface area contributed by atoms with Crippen molar-refractivity contribution < 1.29 is 9.59 Å². The highest BCUT2D eigenvalue weighted by molar-refractivity contribution is 7.17. The number of hydrogen-bond acceptors (Lipinski definition) is 5. The number of thiophene rings is 1. The first kappa shape index (κ1) is 16.4. The molecule has 0 saturated heterocycles. The lowest BCUT2D eigenvalue weighted by molar-refractivity contribution is -0.128. The van der Waals surface area contributed by atoms with Crippen LogP contribution in [0.15, 0.2) is 41.4 Å². The summed E-state index contributed by atoms with van der Waals surface area (Å²) in [6.45, 7) is 3.48. The SMILES string of the molecule is CC(=O)c1ccc(-c2cccc([C@]3(C)CC(=O)N(C)C(N)=N3)c2)s1. The van der Waals surface area contributed by atoms with Gasteiger partial charge in [-0.25, -0.2) is 4.99 Å². The summed E-state index contributed by atoms with van der Waals surface area (Å²) in [5.74, 6) is 0.243. The van der Waals surface area contributed by atoms with Gasteiger partial charge in [0.1, 0.15) is 0 Å². The zero-order valence-corrected chi connectivity index (χ0v) is 14.7. The third-order valence-electron chi connectivity index (χ3n) is 4.30. The van der Waals surface area contributed by atoms with Gasteiger partial charge in [-0.05, 0) is 43.2 Å². The molecule has 3 rings (SSSR count). The van der Waals surface area contributed by atoms with Crippen LogP contribution in [0.2, 0.25) is 0 Å². The Morgan fingerprint density at radius 3 is 2.71 bits per heavy atom. The average molecular weight is 341 g/mol. The molecule has 0 saturated carbocycles. The van der Waals surface area contributed by atoms with E-state index in [1.54, 1.807) is 14.0 Å². The molecule has 1 amide bonds. The Balaban J connectivity index is 2.01. The summed E-state index contributed by atoms with van der Waals surface area (Å²) < 4.78 is 0. The van der Waals surface area contributed by atoms with E-state index < -0.39 is 5.54 Å². The molecule has 24 heavy (non-hydrogen) atoms. The minimum absolute atomic E-state index is 0.0506. The van der Waals surface area contributed by atoms with Crippen molar-refractivity contribution >= 4 is 29.0 Å². The summed E-state index contributed by atoms with van der Waals surface area (Å²) in [6.07, 6.45) is 0.275. The molecule has 0 fully saturated rings. The van der Waals surface area contributed by atoms with E-state index in [4.69, 9.17) is 5.73 Å². The van der Waals surface area contributed by atoms with Gasteiger partial charge in [0, 0.05) is 11.9 Å². The van der Waals surface area contributed by atoms with Crippen molar-refractivity contribution in [2.24, 2.45) is 10.7 Å². The second kappa shape index (κ2) is 5.87. The molecule has 1 aliphatic heterocycles. The molecule has 1 aromatic carbocycles. The maximum Gasteiger partial charge on any atom is 0.231 e. The molecule has 0 spiro atoms. The van der Waals surface area contributed by atoms with E-state index in [0.717, 1.165) is 20.9 Å². The molecular formula is C18H19N3O2S. The van der Waals surface area contributed by atoms with Crippen LogP contribution in [0.4, 0.5) is 0 Å². The van der Waals surface area contributed by atoms with Crippen LogP contribution in [-0.2, 0) is 10.3 Å². The van der Waals surface area contributed by atoms with Crippen LogP contribution < -0.4 is 5.73 Å². The van der Waals surface area contributed by atoms with Gasteiger partial charge in [0.2, 0.25) is 5.91 Å². The number of aliphatic imine (C=N–C) groups is 1. The third-order valence-corrected chi connectivity index (χ3v) is 5.53. The van der Waals surface area contributed by atoms with E-state index in [1.807, 2.05) is 43.3 Å². The van der Waals surface area contributed by atoms with Crippen molar-refractivity contribution in [3.8, 4) is 10.4 Å². The molecular weight excluding hydrogens is 322 g/mol. The fourth-order valence-electron chi connectivity index (χ4n) is 2.76. The Kier molecular flexibility index (Phi) is 4.01. The molecule has 1 atom stereocenters. The lowest BCUT2D eigenvalue weighted by Gasteiger charge is -2.33. The number of Topliss-reactive ketones (excluding diaryl/α,β-unsaturated/α-hetero) is 1. The number of ketones is 1. The topological polar surface area (TPSA) is 75.8 Å². The van der Waals surface area contributed by atoms with E-state index in [-0.39, 0.29) is 24.1 Å². The van der Waals surface area contributed by atoms with Gasteiger partial charge >= 0.3 is 0 Å². The van der Waals surface area contributed by atoms with Crippen LogP contribution in [0.3, 0.4) is 0 Å². The van der Waals surface area contributed by atoms with E-state index in [2.05, 4.69) is 4.99 Å². The predicted molar refractivity (Wildman–Crippen MR) is 96.1 cm³/mol. The fraction of sp³-hybridized carbons (Fsp3) is 0.278. The number of guanidine groups is 1. The minimum Gasteiger partial charge on any atom is -0.369 e. The molecule has 0 unspecified atom stereocenters. The normalized spacial score (nSPS) is 20.9. The number of benzene rings is 1. The number of amides is 1. The minimum atomic E-state index is -0.676. The largest absolute Gasteiger partial charge is 0.369 e. The monoisotopic (exact) mass is 341 g/mol. The van der Waals surface area contributed by atoms with Gasteiger partial charge < -0.3 is 5.73 Å². The standard InChI is InChI=1S/C18H19N3O2S/c1-11(22)14-7-8-15(24-14)12-5-4-6-13(9-12)18(2)10-16(23)21(3)17(19)20-18/h4-9H,10H2,1-3H3,(H2,19,20)/t18-/m0/s1. The Morgan fingerprint density at radius 2 is 2.08 bits per heavy atom. The molecule has 6 heteroatoms. The van der Waals surface area contributed by atoms with E-state index in [1.165, 1.54) is 16.2 Å². The average Bonchev–Trinajstić information content (AvgIpc) is 3.03. The van der Waals surface area contributed by atoms with Gasteiger partial charge in [-0.1, -0.05) is 18.2 Å². The van der Waals surface area contributed by atoms with Crippen molar-refractivity contribution in [1.29, 1.82) is 0 Å². The van der Waals surface area contributed by atoms with Crippen LogP contribution in [0.25, 0.3) is 10.4 Å². The maximum absolute atomic E-state index is 12.2. The third kappa shape index (κ3) is 2.85. The molecule has 0 aliphatic carbocycles. The van der Waals surface area contributed by atoms with Crippen LogP contribution in [-0.4, -0.2) is 29.6 Å². The summed E-state index contributed by atoms with van der Waals surface area (Å²) in [5, 5.41) is 0. The van der Waals surface area contributed by atoms with Crippen LogP contribution in [0.1, 0.15) is 35.5 Å². The first-order valence-corrected chi connectivity index (χ1v) is 8.45. The van der Waals surface area contributed by atoms with Crippen molar-refractivity contribution in [3.05, 3.63) is 46.8 Å². The van der Waals surface area contributed by atoms with Crippen molar-refractivity contribution in [1.82, 2.24) is 4.90 Å². The van der Waals surface area contributed by atoms with E-state index in [9.17, 15) is 9.59 Å². The van der Waals surface area contributed by atoms with Gasteiger partial charge in [0.25, 0.3) is 0 Å². The molecule has 0 radical (unpaired) electrons. The van der Waals surface area contributed by atoms with Crippen molar-refractivity contribution in [3.63, 3.8) is 0 Å². The molecule has 2 heterocycles. The Labute approximate surface area is 144 Å². The number of hydrogen-bond donors (Lipinski definition) is 1. The fourth-order valence-corrected chi connectivity index (χ4v) is 3.66. The van der Waals surface area contributed by atoms with Gasteiger partial charge in [-0.15, -0.1) is 11.3 Å². The first-order valence-electron chi connectivity index (χ1n) is 7.64. The Morgan fingerprint density at radius 1 is 1.33 bits per heavy atom. The van der Waals surface area contributed by atoms with Gasteiger partial charge in [0.05, 0.1) is 16.8 Å². The predicted octanol–water partition coefficient (Wildman–Crippen LogP) is 3.01. The zero-order valence-electron chi connectivity index (χ0n) is 13.9. The maximum atomic E-state index is 12.2. The van der Waals surface area contributed by atoms with Crippen LogP contribution >= 0.6 is 11.3 Å². The number of nitrogens with two attached hydrogens (primary N) is 1. The number of rotatable bonds is 3. The highest BCUT2D eigenvalue weighted by Crippen LogP contribution is 2.36. The van der Waals surface area contributed by atoms with Gasteiger partial charge in [-0.2, -0.15) is 0 Å². The number of carbonyl (C=O) groups is 2. The van der Waals surface area contributed by atoms with Gasteiger partial charge in [-0.3, -0.25) is 14.5 Å².